The molecule has 9 nitrogen and oxygen atoms in total. The molecule has 1 aromatic heterocycles. The van der Waals surface area contributed by atoms with Gasteiger partial charge in [-0.1, -0.05) is 38.1 Å². The van der Waals surface area contributed by atoms with Crippen molar-refractivity contribution in [2.45, 2.75) is 32.9 Å². The van der Waals surface area contributed by atoms with Crippen LogP contribution < -0.4 is 21.5 Å². The van der Waals surface area contributed by atoms with Gasteiger partial charge in [0.2, 0.25) is 5.91 Å². The average Bonchev–Trinajstić information content (AvgIpc) is 3.26. The Balaban J connectivity index is 2.09. The van der Waals surface area contributed by atoms with E-state index in [-0.39, 0.29) is 22.8 Å². The van der Waals surface area contributed by atoms with Gasteiger partial charge in [-0.25, -0.2) is 4.39 Å². The van der Waals surface area contributed by atoms with Crippen molar-refractivity contribution in [2.24, 2.45) is 11.7 Å². The van der Waals surface area contributed by atoms with Gasteiger partial charge in [0.05, 0.1) is 12.8 Å². The third-order valence-electron chi connectivity index (χ3n) is 5.70. The number of nitrogens with zero attached hydrogens (tertiary/aromatic N) is 2. The third-order valence-corrected chi connectivity index (χ3v) is 6.55. The number of anilines is 1. The van der Waals surface area contributed by atoms with Gasteiger partial charge in [-0.15, -0.1) is 0 Å². The van der Waals surface area contributed by atoms with Crippen molar-refractivity contribution < 1.29 is 23.5 Å². The van der Waals surface area contributed by atoms with Crippen molar-refractivity contribution in [1.29, 1.82) is 0 Å². The molecule has 0 bridgehead atoms. The zero-order chi connectivity index (χ0) is 27.1. The summed E-state index contributed by atoms with van der Waals surface area (Å²) in [7, 11) is 1.53. The van der Waals surface area contributed by atoms with Crippen LogP contribution in [0.2, 0.25) is 0 Å². The predicted molar refractivity (Wildman–Crippen MR) is 140 cm³/mol. The number of halogens is 1. The summed E-state index contributed by atoms with van der Waals surface area (Å²) in [5.74, 6) is -1.38. The summed E-state index contributed by atoms with van der Waals surface area (Å²) >= 11 is 0.727. The molecule has 0 fully saturated rings. The van der Waals surface area contributed by atoms with E-state index in [2.05, 4.69) is 9.69 Å². The SMILES string of the molecule is COc1ccc(C(C(=O)NCCC(C)C)N(Cc2ccc(F)cc2)C(=O)c2snc(C(N)=O)c2N)cc1. The number of ether oxygens (including phenoxy) is 1. The molecule has 1 heterocycles. The third kappa shape index (κ3) is 6.82. The Morgan fingerprint density at radius 2 is 1.76 bits per heavy atom. The lowest BCUT2D eigenvalue weighted by molar-refractivity contribution is -0.126. The number of hydrogen-bond donors (Lipinski definition) is 3. The smallest absolute Gasteiger partial charge is 0.270 e. The molecule has 0 aliphatic heterocycles. The van der Waals surface area contributed by atoms with Crippen molar-refractivity contribution in [1.82, 2.24) is 14.6 Å². The van der Waals surface area contributed by atoms with Gasteiger partial charge in [-0.3, -0.25) is 14.4 Å². The van der Waals surface area contributed by atoms with E-state index in [1.54, 1.807) is 24.3 Å². The van der Waals surface area contributed by atoms with Gasteiger partial charge in [-0.2, -0.15) is 4.37 Å². The largest absolute Gasteiger partial charge is 0.497 e. The second-order valence-corrected chi connectivity index (χ2v) is 9.62. The van der Waals surface area contributed by atoms with E-state index < -0.39 is 29.6 Å². The lowest BCUT2D eigenvalue weighted by Crippen LogP contribution is -2.43. The minimum absolute atomic E-state index is 0.0237. The van der Waals surface area contributed by atoms with Crippen LogP contribution in [-0.4, -0.2) is 40.6 Å². The van der Waals surface area contributed by atoms with Crippen molar-refractivity contribution in [3.05, 3.63) is 76.0 Å². The molecule has 0 saturated carbocycles. The molecule has 1 atom stereocenters. The van der Waals surface area contributed by atoms with Crippen LogP contribution >= 0.6 is 11.5 Å². The fourth-order valence-corrected chi connectivity index (χ4v) is 4.43. The van der Waals surface area contributed by atoms with Gasteiger partial charge >= 0.3 is 0 Å². The van der Waals surface area contributed by atoms with Crippen molar-refractivity contribution >= 4 is 34.9 Å². The van der Waals surface area contributed by atoms with Gasteiger partial charge in [-0.05, 0) is 59.3 Å². The normalized spacial score (nSPS) is 11.7. The first-order chi connectivity index (χ1) is 17.6. The van der Waals surface area contributed by atoms with Crippen LogP contribution in [0.4, 0.5) is 10.1 Å². The van der Waals surface area contributed by atoms with Crippen molar-refractivity contribution in [3.8, 4) is 5.75 Å². The number of rotatable bonds is 11. The van der Waals surface area contributed by atoms with E-state index in [9.17, 15) is 18.8 Å². The maximum atomic E-state index is 13.9. The second kappa shape index (κ2) is 12.3. The number of amides is 3. The number of nitrogens with two attached hydrogens (primary N) is 2. The zero-order valence-corrected chi connectivity index (χ0v) is 21.7. The van der Waals surface area contributed by atoms with E-state index >= 15 is 0 Å². The van der Waals surface area contributed by atoms with Crippen LogP contribution in [0, 0.1) is 11.7 Å². The Kier molecular flexibility index (Phi) is 9.18. The first kappa shape index (κ1) is 27.6. The van der Waals surface area contributed by atoms with Gasteiger partial charge in [0.25, 0.3) is 11.8 Å². The Hall–Kier alpha value is -3.99. The van der Waals surface area contributed by atoms with Crippen LogP contribution in [0.1, 0.15) is 57.6 Å². The van der Waals surface area contributed by atoms with Crippen molar-refractivity contribution in [2.75, 3.05) is 19.4 Å². The molecule has 3 amide bonds. The van der Waals surface area contributed by atoms with Crippen LogP contribution in [0.3, 0.4) is 0 Å². The highest BCUT2D eigenvalue weighted by atomic mass is 32.1. The molecule has 11 heteroatoms. The van der Waals surface area contributed by atoms with Gasteiger partial charge in [0, 0.05) is 13.1 Å². The molecule has 0 radical (unpaired) electrons. The summed E-state index contributed by atoms with van der Waals surface area (Å²) in [4.78, 5) is 40.5. The highest BCUT2D eigenvalue weighted by Crippen LogP contribution is 2.31. The summed E-state index contributed by atoms with van der Waals surface area (Å²) < 4.78 is 22.8. The Morgan fingerprint density at radius 1 is 1.11 bits per heavy atom. The number of benzene rings is 2. The maximum Gasteiger partial charge on any atom is 0.270 e. The van der Waals surface area contributed by atoms with Crippen molar-refractivity contribution in [3.63, 3.8) is 0 Å². The lowest BCUT2D eigenvalue weighted by Gasteiger charge is -2.31. The Morgan fingerprint density at radius 3 is 2.30 bits per heavy atom. The molecule has 37 heavy (non-hydrogen) atoms. The summed E-state index contributed by atoms with van der Waals surface area (Å²) in [5, 5.41) is 2.92. The van der Waals surface area contributed by atoms with E-state index in [0.717, 1.165) is 18.0 Å². The summed E-state index contributed by atoms with van der Waals surface area (Å²) in [6.07, 6.45) is 0.747. The molecular weight excluding hydrogens is 497 g/mol. The van der Waals surface area contributed by atoms with Gasteiger partial charge in [0.15, 0.2) is 5.69 Å². The monoisotopic (exact) mass is 527 g/mol. The number of aromatic nitrogens is 1. The van der Waals surface area contributed by atoms with E-state index in [1.165, 1.54) is 36.3 Å². The number of carbonyl (C=O) groups is 3. The molecule has 0 spiro atoms. The molecule has 0 saturated heterocycles. The van der Waals surface area contributed by atoms with E-state index in [0.29, 0.717) is 29.3 Å². The molecule has 3 aromatic rings. The molecule has 196 valence electrons. The van der Waals surface area contributed by atoms with Gasteiger partial charge < -0.3 is 26.4 Å². The summed E-state index contributed by atoms with van der Waals surface area (Å²) in [6.45, 7) is 4.45. The number of nitrogens with one attached hydrogen (secondary N) is 1. The standard InChI is InChI=1S/C26H30FN5O4S/c1-15(2)12-13-30-25(34)22(17-6-10-19(36-3)11-7-17)32(14-16-4-8-18(27)9-5-16)26(35)23-20(28)21(24(29)33)31-37-23/h4-11,15,22H,12-14,28H2,1-3H3,(H2,29,33)(H,30,34). The lowest BCUT2D eigenvalue weighted by atomic mass is 10.0. The minimum atomic E-state index is -1.07. The Bertz CT molecular complexity index is 1240. The fraction of sp³-hybridized carbons (Fsp3) is 0.308. The minimum Gasteiger partial charge on any atom is -0.497 e. The summed E-state index contributed by atoms with van der Waals surface area (Å²) in [5.41, 5.74) is 12.1. The summed E-state index contributed by atoms with van der Waals surface area (Å²) in [6, 6.07) is 11.3. The molecular formula is C26H30FN5O4S. The highest BCUT2D eigenvalue weighted by Gasteiger charge is 2.35. The maximum absolute atomic E-state index is 13.9. The highest BCUT2D eigenvalue weighted by molar-refractivity contribution is 7.09. The van der Waals surface area contributed by atoms with E-state index in [1.807, 2.05) is 13.8 Å². The molecule has 3 rings (SSSR count). The molecule has 2 aromatic carbocycles. The molecule has 0 aliphatic rings. The molecule has 0 aliphatic carbocycles. The number of carbonyl (C=O) groups excluding carboxylic acids is 3. The first-order valence-corrected chi connectivity index (χ1v) is 12.4. The average molecular weight is 528 g/mol. The fourth-order valence-electron chi connectivity index (χ4n) is 3.67. The van der Waals surface area contributed by atoms with Crippen LogP contribution in [-0.2, 0) is 11.3 Å². The molecule has 5 N–H and O–H groups in total. The topological polar surface area (TPSA) is 141 Å². The van der Waals surface area contributed by atoms with Gasteiger partial charge in [0.1, 0.15) is 22.5 Å². The number of hydrogen-bond acceptors (Lipinski definition) is 7. The quantitative estimate of drug-likeness (QED) is 0.349. The molecule has 1 unspecified atom stereocenters. The van der Waals surface area contributed by atoms with Crippen LogP contribution in [0.15, 0.2) is 48.5 Å². The first-order valence-electron chi connectivity index (χ1n) is 11.6. The van der Waals surface area contributed by atoms with Crippen LogP contribution in [0.5, 0.6) is 5.75 Å². The number of nitrogen functional groups attached to an aromatic ring is 1. The number of primary amides is 1. The van der Waals surface area contributed by atoms with E-state index in [4.69, 9.17) is 16.2 Å². The second-order valence-electron chi connectivity index (χ2n) is 8.85. The number of methoxy groups -OCH3 is 1. The Labute approximate surface area is 218 Å². The predicted octanol–water partition coefficient (Wildman–Crippen LogP) is 3.52. The van der Waals surface area contributed by atoms with Crippen LogP contribution in [0.25, 0.3) is 0 Å². The zero-order valence-electron chi connectivity index (χ0n) is 20.9.